The SMILES string of the molecule is CNC(=O)c1ncn2c1CC[C@H](c1c(F)ccc(NS(=O)(=O)c3cc(C#N)cnc3OC)c1F)C2. The van der Waals surface area contributed by atoms with Crippen LogP contribution in [0.1, 0.15) is 39.6 Å². The van der Waals surface area contributed by atoms with Gasteiger partial charge in [-0.2, -0.15) is 5.26 Å². The minimum absolute atomic E-state index is 0.0408. The number of anilines is 1. The minimum Gasteiger partial charge on any atom is -0.480 e. The van der Waals surface area contributed by atoms with E-state index in [4.69, 9.17) is 10.00 Å². The van der Waals surface area contributed by atoms with E-state index in [1.807, 2.05) is 0 Å². The Kier molecular flexibility index (Phi) is 6.40. The van der Waals surface area contributed by atoms with Crippen molar-refractivity contribution in [1.82, 2.24) is 19.9 Å². The van der Waals surface area contributed by atoms with Gasteiger partial charge in [0, 0.05) is 31.3 Å². The van der Waals surface area contributed by atoms with Crippen LogP contribution in [0.25, 0.3) is 0 Å². The summed E-state index contributed by atoms with van der Waals surface area (Å²) in [5.74, 6) is -3.15. The number of hydrogen-bond acceptors (Lipinski definition) is 7. The van der Waals surface area contributed by atoms with E-state index >= 15 is 4.39 Å². The third kappa shape index (κ3) is 4.40. The number of imidazole rings is 1. The molecule has 3 aromatic rings. The number of aromatic nitrogens is 3. The smallest absolute Gasteiger partial charge is 0.271 e. The number of halogens is 2. The number of benzene rings is 1. The molecule has 1 aromatic carbocycles. The van der Waals surface area contributed by atoms with Gasteiger partial charge in [0.2, 0.25) is 5.88 Å². The fourth-order valence-corrected chi connectivity index (χ4v) is 5.28. The summed E-state index contributed by atoms with van der Waals surface area (Å²) < 4.78 is 65.0. The van der Waals surface area contributed by atoms with Gasteiger partial charge in [0.1, 0.15) is 17.6 Å². The van der Waals surface area contributed by atoms with Crippen molar-refractivity contribution in [3.05, 3.63) is 64.9 Å². The van der Waals surface area contributed by atoms with Gasteiger partial charge in [0.15, 0.2) is 10.7 Å². The van der Waals surface area contributed by atoms with Crippen LogP contribution in [0.2, 0.25) is 0 Å². The van der Waals surface area contributed by atoms with Crippen molar-refractivity contribution in [2.45, 2.75) is 30.2 Å². The number of methoxy groups -OCH3 is 1. The molecule has 0 saturated carbocycles. The van der Waals surface area contributed by atoms with Gasteiger partial charge in [0.25, 0.3) is 15.9 Å². The summed E-state index contributed by atoms with van der Waals surface area (Å²) in [6, 6.07) is 4.79. The summed E-state index contributed by atoms with van der Waals surface area (Å²) in [4.78, 5) is 19.4. The molecular formula is C22H20F2N6O4S. The first-order valence-electron chi connectivity index (χ1n) is 10.4. The van der Waals surface area contributed by atoms with Crippen LogP contribution >= 0.6 is 0 Å². The molecule has 0 bridgehead atoms. The Balaban J connectivity index is 1.68. The molecule has 3 heterocycles. The number of fused-ring (bicyclic) bond motifs is 1. The molecule has 0 unspecified atom stereocenters. The molecule has 10 nitrogen and oxygen atoms in total. The summed E-state index contributed by atoms with van der Waals surface area (Å²) in [5.41, 5.74) is 0.141. The van der Waals surface area contributed by atoms with Crippen LogP contribution in [0.15, 0.2) is 35.6 Å². The molecule has 1 aliphatic rings. The Labute approximate surface area is 199 Å². The van der Waals surface area contributed by atoms with Crippen LogP contribution in [-0.4, -0.2) is 43.0 Å². The summed E-state index contributed by atoms with van der Waals surface area (Å²) in [7, 11) is -1.75. The first kappa shape index (κ1) is 24.1. The number of nitriles is 1. The Bertz CT molecular complexity index is 1470. The Morgan fingerprint density at radius 2 is 2.09 bits per heavy atom. The van der Waals surface area contributed by atoms with E-state index in [2.05, 4.69) is 20.0 Å². The summed E-state index contributed by atoms with van der Waals surface area (Å²) in [6.07, 6.45) is 3.25. The van der Waals surface area contributed by atoms with Gasteiger partial charge in [-0.05, 0) is 31.0 Å². The lowest BCUT2D eigenvalue weighted by atomic mass is 9.89. The maximum atomic E-state index is 15.5. The number of carbonyl (C=O) groups is 1. The van der Waals surface area contributed by atoms with Crippen LogP contribution < -0.4 is 14.8 Å². The highest BCUT2D eigenvalue weighted by Crippen LogP contribution is 2.36. The van der Waals surface area contributed by atoms with Crippen LogP contribution in [0, 0.1) is 23.0 Å². The molecule has 1 atom stereocenters. The average Bonchev–Trinajstić information content (AvgIpc) is 3.28. The number of pyridine rings is 1. The fourth-order valence-electron chi connectivity index (χ4n) is 4.07. The molecule has 35 heavy (non-hydrogen) atoms. The zero-order valence-corrected chi connectivity index (χ0v) is 19.5. The van der Waals surface area contributed by atoms with E-state index < -0.39 is 38.2 Å². The standard InChI is InChI=1S/C22H20F2N6O4S/c1-26-21(31)20-16-6-3-13(10-30(16)11-28-20)18-14(23)4-5-15(19(18)24)29-35(32,33)17-7-12(8-25)9-27-22(17)34-2/h4-5,7,9,11,13,29H,3,6,10H2,1-2H3,(H,26,31)/t13-/m0/s1. The number of nitrogens with zero attached hydrogens (tertiary/aromatic N) is 4. The zero-order valence-electron chi connectivity index (χ0n) is 18.7. The van der Waals surface area contributed by atoms with Gasteiger partial charge in [-0.15, -0.1) is 0 Å². The van der Waals surface area contributed by atoms with Gasteiger partial charge in [-0.1, -0.05) is 0 Å². The Hall–Kier alpha value is -4.05. The Morgan fingerprint density at radius 3 is 2.77 bits per heavy atom. The predicted octanol–water partition coefficient (Wildman–Crippen LogP) is 2.33. The van der Waals surface area contributed by atoms with Crippen LogP contribution in [0.4, 0.5) is 14.5 Å². The van der Waals surface area contributed by atoms with Gasteiger partial charge in [-0.3, -0.25) is 9.52 Å². The molecule has 1 amide bonds. The molecule has 0 spiro atoms. The third-order valence-electron chi connectivity index (χ3n) is 5.74. The second-order valence-electron chi connectivity index (χ2n) is 7.78. The summed E-state index contributed by atoms with van der Waals surface area (Å²) in [5, 5.41) is 11.6. The molecule has 0 aliphatic carbocycles. The van der Waals surface area contributed by atoms with E-state index in [0.29, 0.717) is 18.5 Å². The van der Waals surface area contributed by atoms with Gasteiger partial charge in [-0.25, -0.2) is 27.2 Å². The molecule has 4 rings (SSSR count). The zero-order chi connectivity index (χ0) is 25.3. The maximum absolute atomic E-state index is 15.5. The highest BCUT2D eigenvalue weighted by molar-refractivity contribution is 7.92. The minimum atomic E-state index is -4.44. The third-order valence-corrected chi connectivity index (χ3v) is 7.10. The average molecular weight is 503 g/mol. The van der Waals surface area contributed by atoms with Crippen LogP contribution in [0.3, 0.4) is 0 Å². The molecule has 0 fully saturated rings. The molecule has 2 aromatic heterocycles. The van der Waals surface area contributed by atoms with Crippen LogP contribution in [-0.2, 0) is 23.0 Å². The van der Waals surface area contributed by atoms with Crippen molar-refractivity contribution in [2.24, 2.45) is 0 Å². The molecule has 0 radical (unpaired) electrons. The van der Waals surface area contributed by atoms with Crippen molar-refractivity contribution in [3.8, 4) is 11.9 Å². The number of ether oxygens (including phenoxy) is 1. The first-order chi connectivity index (χ1) is 16.7. The largest absolute Gasteiger partial charge is 0.480 e. The van der Waals surface area contributed by atoms with Crippen molar-refractivity contribution in [3.63, 3.8) is 0 Å². The second kappa shape index (κ2) is 9.30. The number of amides is 1. The maximum Gasteiger partial charge on any atom is 0.271 e. The topological polar surface area (TPSA) is 139 Å². The van der Waals surface area contributed by atoms with E-state index in [1.54, 1.807) is 10.6 Å². The quantitative estimate of drug-likeness (QED) is 0.527. The molecule has 182 valence electrons. The van der Waals surface area contributed by atoms with Gasteiger partial charge in [0.05, 0.1) is 30.4 Å². The second-order valence-corrected chi connectivity index (χ2v) is 9.43. The number of hydrogen-bond donors (Lipinski definition) is 2. The monoisotopic (exact) mass is 502 g/mol. The van der Waals surface area contributed by atoms with Crippen molar-refractivity contribution in [1.29, 1.82) is 5.26 Å². The lowest BCUT2D eigenvalue weighted by Gasteiger charge is -2.26. The molecule has 2 N–H and O–H groups in total. The number of sulfonamides is 1. The van der Waals surface area contributed by atoms with E-state index in [9.17, 15) is 17.6 Å². The Morgan fingerprint density at radius 1 is 1.31 bits per heavy atom. The first-order valence-corrected chi connectivity index (χ1v) is 11.9. The van der Waals surface area contributed by atoms with Gasteiger partial charge >= 0.3 is 0 Å². The van der Waals surface area contributed by atoms with Crippen molar-refractivity contribution >= 4 is 21.6 Å². The van der Waals surface area contributed by atoms with E-state index in [-0.39, 0.29) is 35.2 Å². The number of nitrogens with one attached hydrogen (secondary N) is 2. The fraction of sp³-hybridized carbons (Fsp3) is 0.273. The van der Waals surface area contributed by atoms with Crippen molar-refractivity contribution < 1.29 is 26.7 Å². The lowest BCUT2D eigenvalue weighted by molar-refractivity contribution is 0.0957. The summed E-state index contributed by atoms with van der Waals surface area (Å²) in [6.45, 7) is 0.158. The lowest BCUT2D eigenvalue weighted by Crippen LogP contribution is -2.25. The number of rotatable bonds is 6. The highest BCUT2D eigenvalue weighted by Gasteiger charge is 2.31. The molecular weight excluding hydrogens is 482 g/mol. The van der Waals surface area contributed by atoms with Gasteiger partial charge < -0.3 is 14.6 Å². The van der Waals surface area contributed by atoms with E-state index in [0.717, 1.165) is 24.4 Å². The number of carbonyl (C=O) groups excluding carboxylic acids is 1. The highest BCUT2D eigenvalue weighted by atomic mass is 32.2. The molecule has 0 saturated heterocycles. The molecule has 1 aliphatic heterocycles. The predicted molar refractivity (Wildman–Crippen MR) is 119 cm³/mol. The summed E-state index contributed by atoms with van der Waals surface area (Å²) >= 11 is 0. The van der Waals surface area contributed by atoms with Crippen molar-refractivity contribution in [2.75, 3.05) is 18.9 Å². The normalized spacial score (nSPS) is 15.1. The van der Waals surface area contributed by atoms with E-state index in [1.165, 1.54) is 20.5 Å². The van der Waals surface area contributed by atoms with Crippen LogP contribution in [0.5, 0.6) is 5.88 Å². The molecule has 13 heteroatoms.